The number of likely N-dealkylation sites (tertiary alicyclic amines) is 1. The van der Waals surface area contributed by atoms with Crippen LogP contribution in [0.2, 0.25) is 0 Å². The lowest BCUT2D eigenvalue weighted by Gasteiger charge is -2.33. The zero-order valence-corrected chi connectivity index (χ0v) is 14.5. The maximum Gasteiger partial charge on any atom is 0.253 e. The maximum atomic E-state index is 12.7. The molecule has 2 aliphatic heterocycles. The number of rotatable bonds is 2. The molecule has 130 valence electrons. The molecule has 4 rings (SSSR count). The van der Waals surface area contributed by atoms with E-state index < -0.39 is 0 Å². The zero-order chi connectivity index (χ0) is 16.4. The summed E-state index contributed by atoms with van der Waals surface area (Å²) in [6, 6.07) is 6.71. The van der Waals surface area contributed by atoms with Crippen LogP contribution in [-0.2, 0) is 6.54 Å². The van der Waals surface area contributed by atoms with Crippen LogP contribution in [0, 0.1) is 0 Å². The van der Waals surface area contributed by atoms with Crippen molar-refractivity contribution in [1.82, 2.24) is 9.80 Å². The number of hydrogen-bond acceptors (Lipinski definition) is 3. The summed E-state index contributed by atoms with van der Waals surface area (Å²) in [6.07, 6.45) is 8.96. The van der Waals surface area contributed by atoms with Gasteiger partial charge in [-0.3, -0.25) is 9.69 Å². The van der Waals surface area contributed by atoms with Crippen molar-refractivity contribution in [2.45, 2.75) is 57.5 Å². The minimum Gasteiger partial charge on any atom is -0.492 e. The minimum absolute atomic E-state index is 0.184. The van der Waals surface area contributed by atoms with E-state index in [1.807, 2.05) is 17.0 Å². The second kappa shape index (κ2) is 7.14. The lowest BCUT2D eigenvalue weighted by molar-refractivity contribution is 0.0792. The van der Waals surface area contributed by atoms with Gasteiger partial charge in [0.15, 0.2) is 0 Å². The highest BCUT2D eigenvalue weighted by Crippen LogP contribution is 2.30. The summed E-state index contributed by atoms with van der Waals surface area (Å²) < 4.78 is 5.96. The summed E-state index contributed by atoms with van der Waals surface area (Å²) in [4.78, 5) is 17.2. The van der Waals surface area contributed by atoms with Crippen LogP contribution in [-0.4, -0.2) is 48.0 Å². The summed E-state index contributed by atoms with van der Waals surface area (Å²) in [7, 11) is 0. The average Bonchev–Trinajstić information content (AvgIpc) is 3.08. The van der Waals surface area contributed by atoms with E-state index >= 15 is 0 Å². The molecule has 0 bridgehead atoms. The van der Waals surface area contributed by atoms with Crippen molar-refractivity contribution in [3.8, 4) is 5.75 Å². The van der Waals surface area contributed by atoms with Crippen molar-refractivity contribution >= 4 is 5.91 Å². The van der Waals surface area contributed by atoms with Gasteiger partial charge in [-0.25, -0.2) is 0 Å². The molecule has 1 saturated heterocycles. The molecule has 3 aliphatic rings. The predicted molar refractivity (Wildman–Crippen MR) is 94.4 cm³/mol. The lowest BCUT2D eigenvalue weighted by Crippen LogP contribution is -2.37. The summed E-state index contributed by atoms with van der Waals surface area (Å²) in [5.41, 5.74) is 2.01. The number of hydrogen-bond donors (Lipinski definition) is 0. The highest BCUT2D eigenvalue weighted by atomic mass is 16.5. The van der Waals surface area contributed by atoms with Crippen LogP contribution in [0.25, 0.3) is 0 Å². The molecule has 0 spiro atoms. The van der Waals surface area contributed by atoms with E-state index in [4.69, 9.17) is 4.74 Å². The Hall–Kier alpha value is -1.55. The third kappa shape index (κ3) is 3.30. The molecule has 1 aliphatic carbocycles. The average molecular weight is 328 g/mol. The van der Waals surface area contributed by atoms with E-state index in [1.54, 1.807) is 0 Å². The highest BCUT2D eigenvalue weighted by molar-refractivity contribution is 5.94. The molecule has 1 saturated carbocycles. The van der Waals surface area contributed by atoms with Gasteiger partial charge in [-0.2, -0.15) is 0 Å². The van der Waals surface area contributed by atoms with Gasteiger partial charge >= 0.3 is 0 Å². The number of amides is 1. The SMILES string of the molecule is O=C(c1ccc2c(c1)CN(C1CCCCC1)CCO2)N1CCCC1. The molecule has 2 heterocycles. The normalized spacial score (nSPS) is 22.8. The van der Waals surface area contributed by atoms with Crippen LogP contribution in [0.5, 0.6) is 5.75 Å². The van der Waals surface area contributed by atoms with E-state index in [9.17, 15) is 4.79 Å². The number of benzene rings is 1. The fourth-order valence-corrected chi connectivity index (χ4v) is 4.41. The Kier molecular flexibility index (Phi) is 4.74. The molecule has 0 N–H and O–H groups in total. The molecule has 24 heavy (non-hydrogen) atoms. The van der Waals surface area contributed by atoms with Gasteiger partial charge in [0.25, 0.3) is 5.91 Å². The number of fused-ring (bicyclic) bond motifs is 1. The number of ether oxygens (including phenoxy) is 1. The Balaban J connectivity index is 1.53. The molecular weight excluding hydrogens is 300 g/mol. The molecule has 1 amide bonds. The molecule has 0 radical (unpaired) electrons. The molecular formula is C20H28N2O2. The molecule has 0 aromatic heterocycles. The van der Waals surface area contributed by atoms with Gasteiger partial charge in [-0.05, 0) is 43.9 Å². The summed E-state index contributed by atoms with van der Waals surface area (Å²) in [6.45, 7) is 4.47. The summed E-state index contributed by atoms with van der Waals surface area (Å²) in [5, 5.41) is 0. The van der Waals surface area contributed by atoms with Gasteiger partial charge < -0.3 is 9.64 Å². The minimum atomic E-state index is 0.184. The number of nitrogens with zero attached hydrogens (tertiary/aromatic N) is 2. The molecule has 0 atom stereocenters. The van der Waals surface area contributed by atoms with Crippen LogP contribution in [0.4, 0.5) is 0 Å². The molecule has 2 fully saturated rings. The van der Waals surface area contributed by atoms with Gasteiger partial charge in [-0.15, -0.1) is 0 Å². The predicted octanol–water partition coefficient (Wildman–Crippen LogP) is 3.45. The second-order valence-electron chi connectivity index (χ2n) is 7.43. The van der Waals surface area contributed by atoms with Crippen LogP contribution < -0.4 is 4.74 Å². The fourth-order valence-electron chi connectivity index (χ4n) is 4.41. The van der Waals surface area contributed by atoms with Crippen molar-refractivity contribution in [3.05, 3.63) is 29.3 Å². The zero-order valence-electron chi connectivity index (χ0n) is 14.5. The fraction of sp³-hybridized carbons (Fsp3) is 0.650. The van der Waals surface area contributed by atoms with Crippen molar-refractivity contribution in [1.29, 1.82) is 0 Å². The molecule has 0 unspecified atom stereocenters. The highest BCUT2D eigenvalue weighted by Gasteiger charge is 2.26. The van der Waals surface area contributed by atoms with Gasteiger partial charge in [0.2, 0.25) is 0 Å². The van der Waals surface area contributed by atoms with E-state index in [0.717, 1.165) is 56.9 Å². The smallest absolute Gasteiger partial charge is 0.253 e. The third-order valence-corrected chi connectivity index (χ3v) is 5.80. The van der Waals surface area contributed by atoms with Crippen LogP contribution >= 0.6 is 0 Å². The monoisotopic (exact) mass is 328 g/mol. The number of carbonyl (C=O) groups excluding carboxylic acids is 1. The van der Waals surface area contributed by atoms with E-state index in [-0.39, 0.29) is 5.91 Å². The summed E-state index contributed by atoms with van der Waals surface area (Å²) in [5.74, 6) is 1.15. The standard InChI is InChI=1S/C20H28N2O2/c23-20(21-10-4-5-11-21)16-8-9-19-17(14-16)15-22(12-13-24-19)18-6-2-1-3-7-18/h8-9,14,18H,1-7,10-13,15H2. The maximum absolute atomic E-state index is 12.7. The summed E-state index contributed by atoms with van der Waals surface area (Å²) >= 11 is 0. The van der Waals surface area contributed by atoms with E-state index in [0.29, 0.717) is 6.04 Å². The molecule has 4 nitrogen and oxygen atoms in total. The van der Waals surface area contributed by atoms with Crippen molar-refractivity contribution in [3.63, 3.8) is 0 Å². The Bertz CT molecular complexity index is 589. The van der Waals surface area contributed by atoms with E-state index in [1.165, 1.54) is 37.7 Å². The quantitative estimate of drug-likeness (QED) is 0.833. The van der Waals surface area contributed by atoms with Crippen molar-refractivity contribution in [2.24, 2.45) is 0 Å². The first-order valence-corrected chi connectivity index (χ1v) is 9.60. The second-order valence-corrected chi connectivity index (χ2v) is 7.43. The van der Waals surface area contributed by atoms with Crippen LogP contribution in [0.3, 0.4) is 0 Å². The Labute approximate surface area is 144 Å². The Morgan fingerprint density at radius 1 is 1.00 bits per heavy atom. The third-order valence-electron chi connectivity index (χ3n) is 5.80. The first-order chi connectivity index (χ1) is 11.8. The molecule has 1 aromatic carbocycles. The molecule has 4 heteroatoms. The topological polar surface area (TPSA) is 32.8 Å². The van der Waals surface area contributed by atoms with Crippen LogP contribution in [0.15, 0.2) is 18.2 Å². The van der Waals surface area contributed by atoms with Gasteiger partial charge in [0.1, 0.15) is 12.4 Å². The first-order valence-electron chi connectivity index (χ1n) is 9.60. The van der Waals surface area contributed by atoms with E-state index in [2.05, 4.69) is 11.0 Å². The van der Waals surface area contributed by atoms with Crippen molar-refractivity contribution < 1.29 is 9.53 Å². The lowest BCUT2D eigenvalue weighted by atomic mass is 9.94. The largest absolute Gasteiger partial charge is 0.492 e. The molecule has 1 aromatic rings. The van der Waals surface area contributed by atoms with Gasteiger partial charge in [-0.1, -0.05) is 19.3 Å². The van der Waals surface area contributed by atoms with Gasteiger partial charge in [0.05, 0.1) is 0 Å². The Morgan fingerprint density at radius 3 is 2.58 bits per heavy atom. The Morgan fingerprint density at radius 2 is 1.79 bits per heavy atom. The van der Waals surface area contributed by atoms with Crippen molar-refractivity contribution in [2.75, 3.05) is 26.2 Å². The first kappa shape index (κ1) is 15.9. The van der Waals surface area contributed by atoms with Crippen LogP contribution in [0.1, 0.15) is 60.9 Å². The van der Waals surface area contributed by atoms with Gasteiger partial charge in [0, 0.05) is 43.3 Å². The number of carbonyl (C=O) groups is 1.